The van der Waals surface area contributed by atoms with Crippen molar-refractivity contribution < 1.29 is 33.6 Å². The quantitative estimate of drug-likeness (QED) is 0.157. The Morgan fingerprint density at radius 2 is 1.80 bits per heavy atom. The van der Waals surface area contributed by atoms with E-state index in [0.717, 1.165) is 0 Å². The number of rotatable bonds is 8. The number of benzene rings is 2. The van der Waals surface area contributed by atoms with Gasteiger partial charge in [0.15, 0.2) is 6.04 Å². The van der Waals surface area contributed by atoms with E-state index in [9.17, 15) is 29.3 Å². The Hall–Kier alpha value is -4.39. The molecule has 2 aliphatic rings. The number of nitrogens with zero attached hydrogens (tertiary/aromatic N) is 2. The summed E-state index contributed by atoms with van der Waals surface area (Å²) in [6.45, 7) is 8.89. The fraction of sp³-hybridized carbons (Fsp3) is 0.357. The molecule has 0 saturated carbocycles. The predicted molar refractivity (Wildman–Crippen MR) is 149 cm³/mol. The summed E-state index contributed by atoms with van der Waals surface area (Å²) >= 11 is 1.35. The molecular weight excluding hydrogens is 552 g/mol. The van der Waals surface area contributed by atoms with Crippen LogP contribution in [0.1, 0.15) is 37.9 Å². The number of esters is 1. The number of carbonyl (C=O) groups excluding carboxylic acids is 4. The second-order valence-corrected chi connectivity index (χ2v) is 11.6. The van der Waals surface area contributed by atoms with Gasteiger partial charge in [-0.15, -0.1) is 11.8 Å². The zero-order valence-corrected chi connectivity index (χ0v) is 23.5. The molecule has 3 amide bonds. The number of nitro benzene ring substituents is 1. The van der Waals surface area contributed by atoms with Gasteiger partial charge in [0.2, 0.25) is 11.8 Å². The second kappa shape index (κ2) is 12.0. The van der Waals surface area contributed by atoms with Crippen molar-refractivity contribution in [2.75, 3.05) is 5.75 Å². The summed E-state index contributed by atoms with van der Waals surface area (Å²) in [6, 6.07) is 11.0. The highest BCUT2D eigenvalue weighted by Crippen LogP contribution is 2.40. The number of alkyl carbamates (subject to hydrolysis) is 1. The summed E-state index contributed by atoms with van der Waals surface area (Å²) in [7, 11) is 0. The van der Waals surface area contributed by atoms with E-state index < -0.39 is 57.9 Å². The lowest BCUT2D eigenvalue weighted by Crippen LogP contribution is -2.75. The molecule has 13 heteroatoms. The minimum Gasteiger partial charge on any atom is -0.459 e. The minimum absolute atomic E-state index is 0.0873. The average Bonchev–Trinajstić information content (AvgIpc) is 2.92. The molecule has 0 aliphatic carbocycles. The molecule has 0 bridgehead atoms. The summed E-state index contributed by atoms with van der Waals surface area (Å²) in [6.07, 6.45) is -0.790. The maximum Gasteiger partial charge on any atom is 0.408 e. The third-order valence-electron chi connectivity index (χ3n) is 6.29. The maximum atomic E-state index is 13.4. The first-order chi connectivity index (χ1) is 19.4. The normalized spacial score (nSPS) is 20.7. The van der Waals surface area contributed by atoms with Crippen LogP contribution in [-0.2, 0) is 30.5 Å². The summed E-state index contributed by atoms with van der Waals surface area (Å²) in [5, 5.41) is 15.6. The van der Waals surface area contributed by atoms with Gasteiger partial charge in [-0.25, -0.2) is 9.59 Å². The van der Waals surface area contributed by atoms with E-state index in [1.54, 1.807) is 51.1 Å². The second-order valence-electron chi connectivity index (χ2n) is 10.5. The van der Waals surface area contributed by atoms with E-state index in [1.165, 1.54) is 40.9 Å². The van der Waals surface area contributed by atoms with Gasteiger partial charge in [0.25, 0.3) is 5.69 Å². The van der Waals surface area contributed by atoms with Gasteiger partial charge in [-0.3, -0.25) is 19.7 Å². The van der Waals surface area contributed by atoms with Gasteiger partial charge >= 0.3 is 12.1 Å². The first-order valence-corrected chi connectivity index (χ1v) is 13.8. The molecule has 4 atom stereocenters. The molecule has 1 unspecified atom stereocenters. The molecule has 216 valence electrons. The molecular formula is C28H30N4O8S. The van der Waals surface area contributed by atoms with Crippen LogP contribution in [0.4, 0.5) is 10.5 Å². The first kappa shape index (κ1) is 29.6. The van der Waals surface area contributed by atoms with Crippen molar-refractivity contribution in [2.24, 2.45) is 0 Å². The molecule has 2 aromatic carbocycles. The van der Waals surface area contributed by atoms with Crippen LogP contribution in [0.2, 0.25) is 0 Å². The number of thioether (sulfide) groups is 1. The average molecular weight is 583 g/mol. The fourth-order valence-electron chi connectivity index (χ4n) is 4.37. The summed E-state index contributed by atoms with van der Waals surface area (Å²) in [5.74, 6) is -1.43. The number of hydrogen-bond acceptors (Lipinski definition) is 9. The number of nitrogens with one attached hydrogen (secondary N) is 2. The van der Waals surface area contributed by atoms with E-state index in [2.05, 4.69) is 17.2 Å². The molecule has 2 fully saturated rings. The molecule has 4 rings (SSSR count). The Labute approximate surface area is 240 Å². The highest BCUT2D eigenvalue weighted by atomic mass is 32.2. The number of nitro groups is 1. The third-order valence-corrected chi connectivity index (χ3v) is 7.67. The minimum atomic E-state index is -1.13. The molecule has 2 aromatic rings. The molecule has 2 saturated heterocycles. The van der Waals surface area contributed by atoms with E-state index in [-0.39, 0.29) is 12.3 Å². The number of non-ortho nitro benzene ring substituents is 1. The molecule has 2 N–H and O–H groups in total. The van der Waals surface area contributed by atoms with Gasteiger partial charge in [0.1, 0.15) is 29.7 Å². The first-order valence-electron chi connectivity index (χ1n) is 12.7. The number of hydrogen-bond donors (Lipinski definition) is 2. The van der Waals surface area contributed by atoms with Crippen molar-refractivity contribution in [1.82, 2.24) is 15.5 Å². The van der Waals surface area contributed by atoms with Gasteiger partial charge in [0.05, 0.1) is 4.92 Å². The van der Waals surface area contributed by atoms with Gasteiger partial charge in [-0.05, 0) is 49.6 Å². The Balaban J connectivity index is 1.42. The van der Waals surface area contributed by atoms with Crippen LogP contribution in [0.5, 0.6) is 0 Å². The van der Waals surface area contributed by atoms with E-state index in [4.69, 9.17) is 9.47 Å². The number of amides is 3. The van der Waals surface area contributed by atoms with Crippen molar-refractivity contribution in [3.63, 3.8) is 0 Å². The van der Waals surface area contributed by atoms with Crippen LogP contribution in [0.3, 0.4) is 0 Å². The zero-order valence-electron chi connectivity index (χ0n) is 22.7. The predicted octanol–water partition coefficient (Wildman–Crippen LogP) is 3.23. The lowest BCUT2D eigenvalue weighted by Gasteiger charge is -2.52. The van der Waals surface area contributed by atoms with Gasteiger partial charge < -0.3 is 25.0 Å². The number of ether oxygens (including phenoxy) is 2. The Bertz CT molecular complexity index is 1360. The smallest absolute Gasteiger partial charge is 0.408 e. The Kier molecular flexibility index (Phi) is 8.66. The van der Waals surface area contributed by atoms with Gasteiger partial charge in [0, 0.05) is 17.9 Å². The fourth-order valence-corrected chi connectivity index (χ4v) is 5.68. The standard InChI is InChI=1S/C28H30N4O8S/c1-16-15-41-25-21(29-23(33)20(18-8-6-5-7-9-18)30-27(36)40-28(2,3)4)24(34)31(25)22(16)26(35)39-14-17-10-12-19(13-11-17)32(37)38/h5-13,20-22,25H,1,14-15H2,2-4H3,(H,29,33)(H,30,36)/t20?,21-,22-,25+/m1/s1. The van der Waals surface area contributed by atoms with E-state index >= 15 is 0 Å². The molecule has 0 spiro atoms. The van der Waals surface area contributed by atoms with Gasteiger partial charge in [-0.1, -0.05) is 36.9 Å². The van der Waals surface area contributed by atoms with Crippen LogP contribution in [0, 0.1) is 10.1 Å². The van der Waals surface area contributed by atoms with Crippen molar-refractivity contribution in [3.8, 4) is 0 Å². The monoisotopic (exact) mass is 582 g/mol. The van der Waals surface area contributed by atoms with Crippen molar-refractivity contribution in [3.05, 3.63) is 88.0 Å². The summed E-state index contributed by atoms with van der Waals surface area (Å²) < 4.78 is 10.7. The van der Waals surface area contributed by atoms with Crippen LogP contribution < -0.4 is 10.6 Å². The lowest BCUT2D eigenvalue weighted by atomic mass is 9.97. The Morgan fingerprint density at radius 3 is 2.41 bits per heavy atom. The summed E-state index contributed by atoms with van der Waals surface area (Å²) in [4.78, 5) is 63.7. The van der Waals surface area contributed by atoms with Crippen LogP contribution >= 0.6 is 11.8 Å². The van der Waals surface area contributed by atoms with Gasteiger partial charge in [-0.2, -0.15) is 0 Å². The zero-order chi connectivity index (χ0) is 29.9. The molecule has 0 radical (unpaired) electrons. The van der Waals surface area contributed by atoms with E-state index in [1.807, 2.05) is 0 Å². The maximum absolute atomic E-state index is 13.4. The van der Waals surface area contributed by atoms with Crippen molar-refractivity contribution in [1.29, 1.82) is 0 Å². The Morgan fingerprint density at radius 1 is 1.15 bits per heavy atom. The topological polar surface area (TPSA) is 157 Å². The molecule has 0 aromatic heterocycles. The SMILES string of the molecule is C=C1CS[C@H]2[C@H](NC(=O)C(NC(=O)OC(C)(C)C)c3ccccc3)C(=O)N2[C@H]1C(=O)OCc1ccc([N+](=O)[O-])cc1. The molecule has 12 nitrogen and oxygen atoms in total. The van der Waals surface area contributed by atoms with Crippen LogP contribution in [0.15, 0.2) is 66.7 Å². The molecule has 41 heavy (non-hydrogen) atoms. The third kappa shape index (κ3) is 6.85. The highest BCUT2D eigenvalue weighted by molar-refractivity contribution is 8.00. The van der Waals surface area contributed by atoms with Crippen LogP contribution in [0.25, 0.3) is 0 Å². The summed E-state index contributed by atoms with van der Waals surface area (Å²) in [5.41, 5.74) is 0.648. The number of β-lactam (4-membered cyclic amide) rings is 1. The molecule has 2 aliphatic heterocycles. The van der Waals surface area contributed by atoms with Crippen molar-refractivity contribution in [2.45, 2.75) is 56.5 Å². The largest absolute Gasteiger partial charge is 0.459 e. The van der Waals surface area contributed by atoms with E-state index in [0.29, 0.717) is 22.5 Å². The van der Waals surface area contributed by atoms with Crippen molar-refractivity contribution >= 4 is 41.3 Å². The molecule has 2 heterocycles. The highest BCUT2D eigenvalue weighted by Gasteiger charge is 2.56. The number of fused-ring (bicyclic) bond motifs is 1. The van der Waals surface area contributed by atoms with Crippen LogP contribution in [-0.4, -0.2) is 62.5 Å². The lowest BCUT2D eigenvalue weighted by molar-refractivity contribution is -0.384. The number of carbonyl (C=O) groups is 4.